The van der Waals surface area contributed by atoms with Gasteiger partial charge in [0, 0.05) is 12.0 Å². The van der Waals surface area contributed by atoms with Crippen LogP contribution in [0.3, 0.4) is 0 Å². The molecule has 2 atom stereocenters. The van der Waals surface area contributed by atoms with Gasteiger partial charge in [-0.2, -0.15) is 0 Å². The van der Waals surface area contributed by atoms with E-state index in [1.807, 2.05) is 18.2 Å². The number of hydrogen-bond acceptors (Lipinski definition) is 2. The van der Waals surface area contributed by atoms with Crippen LogP contribution in [-0.4, -0.2) is 18.7 Å². The number of rotatable bonds is 7. The van der Waals surface area contributed by atoms with Gasteiger partial charge in [-0.15, -0.1) is 0 Å². The summed E-state index contributed by atoms with van der Waals surface area (Å²) in [6.45, 7) is 6.79. The molecular formula is C16H25NO2. The molecule has 1 aromatic carbocycles. The van der Waals surface area contributed by atoms with Gasteiger partial charge in [0.25, 0.3) is 0 Å². The van der Waals surface area contributed by atoms with Crippen LogP contribution in [-0.2, 0) is 4.74 Å². The number of alkyl carbamates (subject to hydrolysis) is 1. The van der Waals surface area contributed by atoms with Crippen LogP contribution in [0.25, 0.3) is 0 Å². The first kappa shape index (κ1) is 15.5. The molecule has 0 radical (unpaired) electrons. The largest absolute Gasteiger partial charge is 0.450 e. The summed E-state index contributed by atoms with van der Waals surface area (Å²) in [5.74, 6) is 0.282. The predicted octanol–water partition coefficient (Wildman–Crippen LogP) is 4.10. The zero-order valence-electron chi connectivity index (χ0n) is 12.2. The molecule has 3 heteroatoms. The van der Waals surface area contributed by atoms with Gasteiger partial charge in [0.2, 0.25) is 0 Å². The third kappa shape index (κ3) is 5.33. The average molecular weight is 263 g/mol. The molecule has 0 aromatic heterocycles. The van der Waals surface area contributed by atoms with Crippen molar-refractivity contribution < 1.29 is 9.53 Å². The van der Waals surface area contributed by atoms with Crippen molar-refractivity contribution in [3.8, 4) is 0 Å². The minimum atomic E-state index is -0.303. The summed E-state index contributed by atoms with van der Waals surface area (Å²) < 4.78 is 5.15. The van der Waals surface area contributed by atoms with Gasteiger partial charge in [0.1, 0.15) is 0 Å². The summed E-state index contributed by atoms with van der Waals surface area (Å²) in [5.41, 5.74) is 1.24. The summed E-state index contributed by atoms with van der Waals surface area (Å²) in [4.78, 5) is 11.7. The van der Waals surface area contributed by atoms with Crippen molar-refractivity contribution >= 4 is 6.09 Å². The number of nitrogens with one attached hydrogen (secondary N) is 1. The van der Waals surface area contributed by atoms with Gasteiger partial charge in [-0.05, 0) is 18.4 Å². The molecule has 0 saturated carbocycles. The molecular weight excluding hydrogens is 238 g/mol. The molecule has 0 aliphatic heterocycles. The van der Waals surface area contributed by atoms with E-state index in [1.165, 1.54) is 5.56 Å². The van der Waals surface area contributed by atoms with Gasteiger partial charge >= 0.3 is 6.09 Å². The van der Waals surface area contributed by atoms with E-state index in [0.29, 0.717) is 6.61 Å². The minimum Gasteiger partial charge on any atom is -0.450 e. The molecule has 0 spiro atoms. The Hall–Kier alpha value is -1.51. The number of carbonyl (C=O) groups excluding carboxylic acids is 1. The highest BCUT2D eigenvalue weighted by molar-refractivity contribution is 5.67. The van der Waals surface area contributed by atoms with Gasteiger partial charge < -0.3 is 10.1 Å². The fourth-order valence-electron chi connectivity index (χ4n) is 2.07. The van der Waals surface area contributed by atoms with E-state index in [2.05, 4.69) is 38.2 Å². The minimum absolute atomic E-state index is 0.108. The molecule has 19 heavy (non-hydrogen) atoms. The standard InChI is InChI=1S/C16H25NO2/c1-4-6-12-19-16(18)17-15(5-2)13(3)14-10-8-7-9-11-14/h7-11,13,15H,4-6,12H2,1-3H3,(H,17,18). The van der Waals surface area contributed by atoms with E-state index in [-0.39, 0.29) is 18.1 Å². The van der Waals surface area contributed by atoms with Crippen molar-refractivity contribution in [1.29, 1.82) is 0 Å². The van der Waals surface area contributed by atoms with Crippen molar-refractivity contribution in [3.05, 3.63) is 35.9 Å². The number of ether oxygens (including phenoxy) is 1. The van der Waals surface area contributed by atoms with Crippen LogP contribution in [0.1, 0.15) is 51.5 Å². The van der Waals surface area contributed by atoms with E-state index < -0.39 is 0 Å². The SMILES string of the molecule is CCCCOC(=O)NC(CC)C(C)c1ccccc1. The van der Waals surface area contributed by atoms with Crippen molar-refractivity contribution in [1.82, 2.24) is 5.32 Å². The summed E-state index contributed by atoms with van der Waals surface area (Å²) in [6, 6.07) is 10.4. The van der Waals surface area contributed by atoms with Crippen molar-refractivity contribution in [3.63, 3.8) is 0 Å². The fraction of sp³-hybridized carbons (Fsp3) is 0.562. The second kappa shape index (κ2) is 8.57. The second-order valence-electron chi connectivity index (χ2n) is 4.85. The molecule has 3 nitrogen and oxygen atoms in total. The van der Waals surface area contributed by atoms with E-state index in [0.717, 1.165) is 19.3 Å². The van der Waals surface area contributed by atoms with Crippen molar-refractivity contribution in [2.24, 2.45) is 0 Å². The molecule has 1 aromatic rings. The molecule has 0 heterocycles. The van der Waals surface area contributed by atoms with Crippen LogP contribution >= 0.6 is 0 Å². The Balaban J connectivity index is 2.51. The first-order chi connectivity index (χ1) is 9.19. The first-order valence-electron chi connectivity index (χ1n) is 7.17. The number of amides is 1. The number of benzene rings is 1. The monoisotopic (exact) mass is 263 g/mol. The van der Waals surface area contributed by atoms with E-state index in [1.54, 1.807) is 0 Å². The van der Waals surface area contributed by atoms with Gasteiger partial charge in [-0.3, -0.25) is 0 Å². The Morgan fingerprint density at radius 1 is 1.26 bits per heavy atom. The first-order valence-corrected chi connectivity index (χ1v) is 7.17. The van der Waals surface area contributed by atoms with E-state index >= 15 is 0 Å². The van der Waals surface area contributed by atoms with Gasteiger partial charge in [-0.1, -0.05) is 57.5 Å². The average Bonchev–Trinajstić information content (AvgIpc) is 2.45. The van der Waals surface area contributed by atoms with Gasteiger partial charge in [0.05, 0.1) is 6.61 Å². The van der Waals surface area contributed by atoms with Crippen LogP contribution < -0.4 is 5.32 Å². The van der Waals surface area contributed by atoms with Crippen LogP contribution in [0, 0.1) is 0 Å². The van der Waals surface area contributed by atoms with Crippen LogP contribution in [0.5, 0.6) is 0 Å². The number of hydrogen-bond donors (Lipinski definition) is 1. The molecule has 0 aliphatic rings. The molecule has 0 aliphatic carbocycles. The summed E-state index contributed by atoms with van der Waals surface area (Å²) in [5, 5.41) is 2.96. The van der Waals surface area contributed by atoms with Gasteiger partial charge in [0.15, 0.2) is 0 Å². The Labute approximate surface area is 116 Å². The molecule has 1 amide bonds. The number of unbranched alkanes of at least 4 members (excludes halogenated alkanes) is 1. The maximum atomic E-state index is 11.7. The second-order valence-corrected chi connectivity index (χ2v) is 4.85. The third-order valence-corrected chi connectivity index (χ3v) is 3.40. The molecule has 0 fully saturated rings. The van der Waals surface area contributed by atoms with E-state index in [4.69, 9.17) is 4.74 Å². The Bertz CT molecular complexity index is 364. The van der Waals surface area contributed by atoms with Crippen LogP contribution in [0.4, 0.5) is 4.79 Å². The highest BCUT2D eigenvalue weighted by atomic mass is 16.5. The quantitative estimate of drug-likeness (QED) is 0.752. The molecule has 0 bridgehead atoms. The lowest BCUT2D eigenvalue weighted by Gasteiger charge is -2.24. The lowest BCUT2D eigenvalue weighted by atomic mass is 9.92. The summed E-state index contributed by atoms with van der Waals surface area (Å²) >= 11 is 0. The maximum Gasteiger partial charge on any atom is 0.407 e. The fourth-order valence-corrected chi connectivity index (χ4v) is 2.07. The zero-order valence-corrected chi connectivity index (χ0v) is 12.2. The van der Waals surface area contributed by atoms with Crippen LogP contribution in [0.2, 0.25) is 0 Å². The lowest BCUT2D eigenvalue weighted by Crippen LogP contribution is -2.38. The zero-order chi connectivity index (χ0) is 14.1. The molecule has 0 saturated heterocycles. The normalized spacial score (nSPS) is 13.6. The van der Waals surface area contributed by atoms with Crippen molar-refractivity contribution in [2.45, 2.75) is 52.0 Å². The summed E-state index contributed by atoms with van der Waals surface area (Å²) in [7, 11) is 0. The Morgan fingerprint density at radius 3 is 2.53 bits per heavy atom. The molecule has 106 valence electrons. The lowest BCUT2D eigenvalue weighted by molar-refractivity contribution is 0.139. The molecule has 1 N–H and O–H groups in total. The smallest absolute Gasteiger partial charge is 0.407 e. The Kier molecular flexibility index (Phi) is 7.01. The Morgan fingerprint density at radius 2 is 1.95 bits per heavy atom. The molecule has 1 rings (SSSR count). The highest BCUT2D eigenvalue weighted by Gasteiger charge is 2.19. The van der Waals surface area contributed by atoms with E-state index in [9.17, 15) is 4.79 Å². The predicted molar refractivity (Wildman–Crippen MR) is 78.3 cm³/mol. The third-order valence-electron chi connectivity index (χ3n) is 3.40. The maximum absolute atomic E-state index is 11.7. The van der Waals surface area contributed by atoms with Gasteiger partial charge in [-0.25, -0.2) is 4.79 Å². The topological polar surface area (TPSA) is 38.3 Å². The number of carbonyl (C=O) groups is 1. The molecule has 2 unspecified atom stereocenters. The highest BCUT2D eigenvalue weighted by Crippen LogP contribution is 2.20. The van der Waals surface area contributed by atoms with Crippen molar-refractivity contribution in [2.75, 3.05) is 6.61 Å². The van der Waals surface area contributed by atoms with Crippen LogP contribution in [0.15, 0.2) is 30.3 Å². The summed E-state index contributed by atoms with van der Waals surface area (Å²) in [6.07, 6.45) is 2.53.